The lowest BCUT2D eigenvalue weighted by atomic mass is 9.72. The lowest BCUT2D eigenvalue weighted by molar-refractivity contribution is 0.511. The normalized spacial score (nSPS) is 22.5. The summed E-state index contributed by atoms with van der Waals surface area (Å²) in [5.41, 5.74) is 9.57. The molecule has 0 radical (unpaired) electrons. The lowest BCUT2D eigenvalue weighted by Crippen LogP contribution is -2.46. The van der Waals surface area contributed by atoms with Crippen LogP contribution in [-0.4, -0.2) is 6.17 Å². The average Bonchev–Trinajstić information content (AvgIpc) is 3.59. The molecule has 1 aliphatic heterocycles. The largest absolute Gasteiger partial charge is 0.365 e. The fourth-order valence-corrected chi connectivity index (χ4v) is 8.75. The molecule has 3 heteroatoms. The molecule has 9 rings (SSSR count). The number of benzene rings is 5. The summed E-state index contributed by atoms with van der Waals surface area (Å²) in [6, 6.07) is 44.5. The molecule has 2 nitrogen and oxygen atoms in total. The van der Waals surface area contributed by atoms with E-state index in [-0.39, 0.29) is 24.0 Å². The SMILES string of the molecule is C1=C(c2ccccc2)C2c3cccc4cccc(c34)C2C(C2Nc3c(sc4ccccc34)C(c3ccccc3)N2)=C1. The van der Waals surface area contributed by atoms with Crippen LogP contribution in [0.1, 0.15) is 45.0 Å². The first-order chi connectivity index (χ1) is 20.3. The Kier molecular flexibility index (Phi) is 5.13. The third kappa shape index (κ3) is 3.46. The fraction of sp³-hybridized carbons (Fsp3) is 0.105. The van der Waals surface area contributed by atoms with Crippen LogP contribution in [-0.2, 0) is 0 Å². The van der Waals surface area contributed by atoms with Crippen LogP contribution in [0.5, 0.6) is 0 Å². The Labute approximate surface area is 243 Å². The van der Waals surface area contributed by atoms with Gasteiger partial charge in [0.05, 0.1) is 16.6 Å². The van der Waals surface area contributed by atoms with Crippen molar-refractivity contribution in [1.82, 2.24) is 5.32 Å². The van der Waals surface area contributed by atoms with Crippen LogP contribution in [0.15, 0.2) is 139 Å². The molecule has 0 spiro atoms. The summed E-state index contributed by atoms with van der Waals surface area (Å²) in [6.45, 7) is 0. The molecule has 2 heterocycles. The van der Waals surface area contributed by atoms with Crippen LogP contribution >= 0.6 is 11.3 Å². The van der Waals surface area contributed by atoms with Gasteiger partial charge in [-0.3, -0.25) is 5.32 Å². The minimum absolute atomic E-state index is 0.00338. The maximum absolute atomic E-state index is 4.08. The van der Waals surface area contributed by atoms with Crippen molar-refractivity contribution < 1.29 is 0 Å². The van der Waals surface area contributed by atoms with Crippen molar-refractivity contribution in [2.75, 3.05) is 5.32 Å². The molecule has 0 saturated heterocycles. The summed E-state index contributed by atoms with van der Waals surface area (Å²) in [6.07, 6.45) is 4.79. The molecule has 196 valence electrons. The van der Waals surface area contributed by atoms with E-state index < -0.39 is 0 Å². The van der Waals surface area contributed by atoms with Crippen LogP contribution in [0.2, 0.25) is 0 Å². The smallest absolute Gasteiger partial charge is 0.101 e. The Balaban J connectivity index is 1.25. The number of hydrogen-bond donors (Lipinski definition) is 2. The quantitative estimate of drug-likeness (QED) is 0.232. The van der Waals surface area contributed by atoms with Gasteiger partial charge >= 0.3 is 0 Å². The van der Waals surface area contributed by atoms with E-state index in [4.69, 9.17) is 0 Å². The number of fused-ring (bicyclic) bond motifs is 6. The second kappa shape index (κ2) is 9.04. The van der Waals surface area contributed by atoms with Gasteiger partial charge in [-0.05, 0) is 50.2 Å². The number of nitrogens with one attached hydrogen (secondary N) is 2. The van der Waals surface area contributed by atoms with Gasteiger partial charge < -0.3 is 5.32 Å². The van der Waals surface area contributed by atoms with E-state index in [1.807, 2.05) is 11.3 Å². The van der Waals surface area contributed by atoms with Crippen molar-refractivity contribution in [3.8, 4) is 0 Å². The number of anilines is 1. The van der Waals surface area contributed by atoms with Gasteiger partial charge in [0.25, 0.3) is 0 Å². The Bertz CT molecular complexity index is 2010. The first-order valence-electron chi connectivity index (χ1n) is 14.4. The minimum Gasteiger partial charge on any atom is -0.365 e. The first kappa shape index (κ1) is 23.3. The monoisotopic (exact) mass is 544 g/mol. The first-order valence-corrected chi connectivity index (χ1v) is 15.2. The Morgan fingerprint density at radius 2 is 1.32 bits per heavy atom. The van der Waals surface area contributed by atoms with Crippen LogP contribution in [0.25, 0.3) is 26.4 Å². The number of rotatable bonds is 3. The van der Waals surface area contributed by atoms with Crippen LogP contribution in [0.3, 0.4) is 0 Å². The van der Waals surface area contributed by atoms with Gasteiger partial charge in [-0.25, -0.2) is 0 Å². The number of hydrogen-bond acceptors (Lipinski definition) is 3. The molecule has 41 heavy (non-hydrogen) atoms. The molecule has 2 N–H and O–H groups in total. The van der Waals surface area contributed by atoms with Crippen molar-refractivity contribution in [3.05, 3.63) is 166 Å². The van der Waals surface area contributed by atoms with Gasteiger partial charge in [0.1, 0.15) is 6.17 Å². The summed E-state index contributed by atoms with van der Waals surface area (Å²) in [7, 11) is 0. The summed E-state index contributed by atoms with van der Waals surface area (Å²) in [5, 5.41) is 12.2. The molecule has 6 aromatic rings. The van der Waals surface area contributed by atoms with Crippen LogP contribution in [0, 0.1) is 0 Å². The molecule has 4 unspecified atom stereocenters. The zero-order chi connectivity index (χ0) is 26.9. The molecule has 0 bridgehead atoms. The molecular formula is C38H28N2S. The van der Waals surface area contributed by atoms with Gasteiger partial charge in [-0.1, -0.05) is 127 Å². The van der Waals surface area contributed by atoms with Crippen molar-refractivity contribution in [2.45, 2.75) is 24.0 Å². The molecular weight excluding hydrogens is 516 g/mol. The third-order valence-electron chi connectivity index (χ3n) is 9.20. The van der Waals surface area contributed by atoms with Gasteiger partial charge in [-0.2, -0.15) is 0 Å². The minimum atomic E-state index is -0.00338. The highest BCUT2D eigenvalue weighted by atomic mass is 32.1. The highest BCUT2D eigenvalue weighted by Crippen LogP contribution is 2.58. The van der Waals surface area contributed by atoms with Crippen molar-refractivity contribution in [2.24, 2.45) is 0 Å². The van der Waals surface area contributed by atoms with Gasteiger partial charge in [-0.15, -0.1) is 11.3 Å². The van der Waals surface area contributed by atoms with Gasteiger partial charge in [0, 0.05) is 21.9 Å². The molecule has 3 aliphatic rings. The van der Waals surface area contributed by atoms with E-state index in [9.17, 15) is 0 Å². The Morgan fingerprint density at radius 3 is 2.12 bits per heavy atom. The Hall–Kier alpha value is -4.44. The topological polar surface area (TPSA) is 24.1 Å². The summed E-state index contributed by atoms with van der Waals surface area (Å²) < 4.78 is 1.33. The standard InChI is InChI=1S/C38H28N2S/c1-3-11-23(12-4-1)26-21-22-30(34-29-19-10-16-24-15-9-18-28(32(24)29)33(26)34)38-39-35(25-13-5-2-6-14-25)37-36(40-38)27-17-7-8-20-31(27)41-37/h1-22,33-35,38-40H. The van der Waals surface area contributed by atoms with Gasteiger partial charge in [0.2, 0.25) is 0 Å². The zero-order valence-corrected chi connectivity index (χ0v) is 23.2. The summed E-state index contributed by atoms with van der Waals surface area (Å²) in [4.78, 5) is 1.36. The number of thiophene rings is 1. The molecule has 0 amide bonds. The predicted octanol–water partition coefficient (Wildman–Crippen LogP) is 9.39. The van der Waals surface area contributed by atoms with Crippen molar-refractivity contribution in [3.63, 3.8) is 0 Å². The highest BCUT2D eigenvalue weighted by molar-refractivity contribution is 7.20. The van der Waals surface area contributed by atoms with E-state index in [0.29, 0.717) is 0 Å². The van der Waals surface area contributed by atoms with E-state index in [0.717, 1.165) is 0 Å². The molecule has 2 aliphatic carbocycles. The fourth-order valence-electron chi connectivity index (χ4n) is 7.49. The van der Waals surface area contributed by atoms with Crippen LogP contribution in [0.4, 0.5) is 5.69 Å². The molecule has 0 fully saturated rings. The Morgan fingerprint density at radius 1 is 0.610 bits per heavy atom. The third-order valence-corrected chi connectivity index (χ3v) is 10.4. The van der Waals surface area contributed by atoms with Crippen LogP contribution < -0.4 is 10.6 Å². The molecule has 1 aromatic heterocycles. The van der Waals surface area contributed by atoms with Crippen molar-refractivity contribution in [1.29, 1.82) is 0 Å². The van der Waals surface area contributed by atoms with E-state index >= 15 is 0 Å². The van der Waals surface area contributed by atoms with Crippen molar-refractivity contribution >= 4 is 43.5 Å². The lowest BCUT2D eigenvalue weighted by Gasteiger charge is -2.40. The second-order valence-electron chi connectivity index (χ2n) is 11.3. The number of allylic oxidation sites excluding steroid dienone is 3. The van der Waals surface area contributed by atoms with E-state index in [2.05, 4.69) is 144 Å². The summed E-state index contributed by atoms with van der Waals surface area (Å²) >= 11 is 1.90. The van der Waals surface area contributed by atoms with E-state index in [1.54, 1.807) is 0 Å². The maximum Gasteiger partial charge on any atom is 0.101 e. The molecule has 5 aromatic carbocycles. The zero-order valence-electron chi connectivity index (χ0n) is 22.4. The average molecular weight is 545 g/mol. The van der Waals surface area contributed by atoms with E-state index in [1.165, 1.54) is 64.8 Å². The van der Waals surface area contributed by atoms with Gasteiger partial charge in [0.15, 0.2) is 0 Å². The second-order valence-corrected chi connectivity index (χ2v) is 12.4. The summed E-state index contributed by atoms with van der Waals surface area (Å²) in [5.74, 6) is 0.530. The maximum atomic E-state index is 4.08. The predicted molar refractivity (Wildman–Crippen MR) is 173 cm³/mol. The molecule has 4 atom stereocenters. The molecule has 0 saturated carbocycles. The highest BCUT2D eigenvalue weighted by Gasteiger charge is 2.44.